The molecule has 38 heavy (non-hydrogen) atoms. The Morgan fingerprint density at radius 1 is 1.34 bits per heavy atom. The molecule has 1 unspecified atom stereocenters. The molecule has 1 N–H and O–H groups in total. The van der Waals surface area contributed by atoms with Gasteiger partial charge in [0, 0.05) is 16.5 Å². The van der Waals surface area contributed by atoms with E-state index < -0.39 is 12.0 Å². The zero-order chi connectivity index (χ0) is 27.2. The number of hydrogen-bond donors (Lipinski definition) is 1. The fourth-order valence-corrected chi connectivity index (χ4v) is 5.67. The molecule has 2 heterocycles. The van der Waals surface area contributed by atoms with Gasteiger partial charge in [-0.15, -0.1) is 5.10 Å². The second kappa shape index (κ2) is 12.7. The summed E-state index contributed by atoms with van der Waals surface area (Å²) in [6, 6.07) is 10.8. The number of carbonyl (C=O) groups is 1. The van der Waals surface area contributed by atoms with Crippen molar-refractivity contribution in [2.45, 2.75) is 37.2 Å². The molecule has 0 radical (unpaired) electrons. The van der Waals surface area contributed by atoms with Gasteiger partial charge in [0.15, 0.2) is 11.5 Å². The average Bonchev–Trinajstić information content (AvgIpc) is 3.31. The summed E-state index contributed by atoms with van der Waals surface area (Å²) in [5.74, 6) is 1.76. The number of hydrogen-bond acceptors (Lipinski definition) is 8. The van der Waals surface area contributed by atoms with Gasteiger partial charge in [0.1, 0.15) is 12.6 Å². The van der Waals surface area contributed by atoms with Crippen LogP contribution in [0.4, 0.5) is 5.95 Å². The number of carbonyl (C=O) groups excluding carboxylic acids is 1. The Kier molecular flexibility index (Phi) is 9.40. The summed E-state index contributed by atoms with van der Waals surface area (Å²) < 4.78 is 19.4. The lowest BCUT2D eigenvalue weighted by atomic mass is 9.95. The molecule has 0 aliphatic carbocycles. The van der Waals surface area contributed by atoms with Crippen LogP contribution in [0, 0.1) is 0 Å². The van der Waals surface area contributed by atoms with Crippen LogP contribution in [0.1, 0.15) is 37.4 Å². The van der Waals surface area contributed by atoms with Crippen molar-refractivity contribution >= 4 is 51.2 Å². The van der Waals surface area contributed by atoms with Gasteiger partial charge in [0.25, 0.3) is 0 Å². The molecule has 0 saturated carbocycles. The molecule has 0 amide bonds. The summed E-state index contributed by atoms with van der Waals surface area (Å²) in [4.78, 5) is 17.9. The van der Waals surface area contributed by atoms with Gasteiger partial charge in [-0.2, -0.15) is 4.98 Å². The number of fused-ring (bicyclic) bond motifs is 1. The van der Waals surface area contributed by atoms with Gasteiger partial charge in [0.05, 0.1) is 23.8 Å². The summed E-state index contributed by atoms with van der Waals surface area (Å²) in [7, 11) is 1.58. The van der Waals surface area contributed by atoms with Crippen LogP contribution in [0.5, 0.6) is 11.5 Å². The van der Waals surface area contributed by atoms with Crippen molar-refractivity contribution in [3.8, 4) is 11.5 Å². The minimum atomic E-state index is -0.629. The molecule has 1 aliphatic rings. The minimum Gasteiger partial charge on any atom is -0.493 e. The quantitative estimate of drug-likeness (QED) is 0.142. The molecule has 0 spiro atoms. The first-order valence-electron chi connectivity index (χ1n) is 12.0. The molecule has 8 nitrogen and oxygen atoms in total. The van der Waals surface area contributed by atoms with E-state index in [0.29, 0.717) is 55.7 Å². The average molecular weight is 620 g/mol. The number of aromatic nitrogens is 3. The Balaban J connectivity index is 1.76. The number of anilines is 1. The topological polar surface area (TPSA) is 87.5 Å². The number of ether oxygens (including phenoxy) is 3. The van der Waals surface area contributed by atoms with Crippen molar-refractivity contribution in [3.63, 3.8) is 0 Å². The number of methoxy groups -OCH3 is 1. The Hall–Kier alpha value is -2.95. The zero-order valence-electron chi connectivity index (χ0n) is 21.3. The summed E-state index contributed by atoms with van der Waals surface area (Å²) in [6.07, 6.45) is 2.38. The van der Waals surface area contributed by atoms with E-state index in [4.69, 9.17) is 35.9 Å². The van der Waals surface area contributed by atoms with Crippen LogP contribution in [0.3, 0.4) is 0 Å². The van der Waals surface area contributed by atoms with Gasteiger partial charge >= 0.3 is 5.97 Å². The van der Waals surface area contributed by atoms with Crippen molar-refractivity contribution in [2.24, 2.45) is 0 Å². The van der Waals surface area contributed by atoms with Crippen LogP contribution >= 0.6 is 39.3 Å². The van der Waals surface area contributed by atoms with Gasteiger partial charge in [-0.05, 0) is 58.6 Å². The fraction of sp³-hybridized carbons (Fsp3) is 0.296. The number of nitrogens with zero attached hydrogens (tertiary/aromatic N) is 3. The second-order valence-electron chi connectivity index (χ2n) is 8.38. The predicted octanol–water partition coefficient (Wildman–Crippen LogP) is 6.80. The summed E-state index contributed by atoms with van der Waals surface area (Å²) in [5.41, 5.74) is 2.75. The Morgan fingerprint density at radius 3 is 2.84 bits per heavy atom. The van der Waals surface area contributed by atoms with Crippen LogP contribution in [0.2, 0.25) is 5.02 Å². The number of rotatable bonds is 11. The van der Waals surface area contributed by atoms with Gasteiger partial charge in [0.2, 0.25) is 11.1 Å². The summed E-state index contributed by atoms with van der Waals surface area (Å²) in [5, 5.41) is 9.21. The number of nitrogens with one attached hydrogen (secondary N) is 1. The van der Waals surface area contributed by atoms with E-state index >= 15 is 0 Å². The Bertz CT molecular complexity index is 1380. The third kappa shape index (κ3) is 6.03. The van der Waals surface area contributed by atoms with Crippen molar-refractivity contribution in [3.05, 3.63) is 80.9 Å². The Morgan fingerprint density at radius 2 is 2.13 bits per heavy atom. The lowest BCUT2D eigenvalue weighted by molar-refractivity contribution is -0.138. The second-order valence-corrected chi connectivity index (χ2v) is 10.6. The van der Waals surface area contributed by atoms with E-state index in [1.165, 1.54) is 17.8 Å². The normalized spacial score (nSPS) is 14.5. The fourth-order valence-electron chi connectivity index (χ4n) is 3.98. The number of thioether (sulfide) groups is 1. The van der Waals surface area contributed by atoms with E-state index in [2.05, 4.69) is 27.8 Å². The molecular formula is C27H28BrClN4O4S. The third-order valence-electron chi connectivity index (χ3n) is 5.72. The molecule has 1 aromatic heterocycles. The summed E-state index contributed by atoms with van der Waals surface area (Å²) in [6.45, 7) is 8.12. The first-order valence-corrected chi connectivity index (χ1v) is 14.1. The van der Waals surface area contributed by atoms with Crippen molar-refractivity contribution < 1.29 is 19.0 Å². The lowest BCUT2D eigenvalue weighted by Gasteiger charge is -2.28. The first kappa shape index (κ1) is 28.1. The maximum absolute atomic E-state index is 13.2. The van der Waals surface area contributed by atoms with E-state index in [0.717, 1.165) is 17.5 Å². The molecule has 4 rings (SSSR count). The molecule has 3 aromatic rings. The number of halogens is 2. The van der Waals surface area contributed by atoms with Gasteiger partial charge in [-0.3, -0.25) is 0 Å². The summed E-state index contributed by atoms with van der Waals surface area (Å²) >= 11 is 11.4. The molecule has 0 fully saturated rings. The number of esters is 1. The van der Waals surface area contributed by atoms with E-state index in [9.17, 15) is 4.79 Å². The zero-order valence-corrected chi connectivity index (χ0v) is 24.5. The van der Waals surface area contributed by atoms with Crippen molar-refractivity contribution in [1.82, 2.24) is 14.8 Å². The van der Waals surface area contributed by atoms with Crippen LogP contribution < -0.4 is 14.8 Å². The largest absolute Gasteiger partial charge is 0.493 e. The lowest BCUT2D eigenvalue weighted by Crippen LogP contribution is -2.29. The van der Waals surface area contributed by atoms with Crippen molar-refractivity contribution in [2.75, 3.05) is 25.6 Å². The molecule has 11 heteroatoms. The van der Waals surface area contributed by atoms with Crippen LogP contribution in [-0.4, -0.2) is 41.1 Å². The Labute approximate surface area is 239 Å². The van der Waals surface area contributed by atoms with Crippen LogP contribution in [-0.2, 0) is 15.3 Å². The molecular weight excluding hydrogens is 592 g/mol. The maximum atomic E-state index is 13.2. The SMILES string of the molecule is C=CCOC(=O)C1=C(C)Nc2nc(SCc3ccccc3Cl)nn2C1c1cc(Br)c(OCCC)c(OC)c1. The predicted molar refractivity (Wildman–Crippen MR) is 153 cm³/mol. The molecule has 0 bridgehead atoms. The van der Waals surface area contributed by atoms with Gasteiger partial charge < -0.3 is 19.5 Å². The third-order valence-corrected chi connectivity index (χ3v) is 7.56. The highest BCUT2D eigenvalue weighted by Gasteiger charge is 2.36. The van der Waals surface area contributed by atoms with E-state index in [-0.39, 0.29) is 6.61 Å². The highest BCUT2D eigenvalue weighted by molar-refractivity contribution is 9.10. The molecule has 1 atom stereocenters. The van der Waals surface area contributed by atoms with Crippen molar-refractivity contribution in [1.29, 1.82) is 0 Å². The monoisotopic (exact) mass is 618 g/mol. The van der Waals surface area contributed by atoms with Gasteiger partial charge in [-0.1, -0.05) is 61.1 Å². The van der Waals surface area contributed by atoms with E-state index in [1.54, 1.807) is 11.8 Å². The molecule has 2 aromatic carbocycles. The van der Waals surface area contributed by atoms with Crippen LogP contribution in [0.25, 0.3) is 0 Å². The van der Waals surface area contributed by atoms with Gasteiger partial charge in [-0.25, -0.2) is 9.48 Å². The number of allylic oxidation sites excluding steroid dienone is 1. The molecule has 1 aliphatic heterocycles. The molecule has 0 saturated heterocycles. The number of benzene rings is 2. The highest BCUT2D eigenvalue weighted by Crippen LogP contribution is 2.43. The van der Waals surface area contributed by atoms with Crippen LogP contribution in [0.15, 0.2) is 70.0 Å². The minimum absolute atomic E-state index is 0.0856. The van der Waals surface area contributed by atoms with E-state index in [1.807, 2.05) is 50.2 Å². The maximum Gasteiger partial charge on any atom is 0.338 e. The smallest absolute Gasteiger partial charge is 0.338 e. The first-order chi connectivity index (χ1) is 18.4. The molecule has 200 valence electrons. The standard InChI is InChI=1S/C27H28BrClN4O4S/c1-5-11-36-24-19(28)13-18(14-21(24)35-4)23-22(25(34)37-12-6-2)16(3)30-26-31-27(32-33(23)26)38-15-17-9-7-8-10-20(17)29/h6-10,13-14,23H,2,5,11-12,15H2,1,3-4H3,(H,30,31,32). The highest BCUT2D eigenvalue weighted by atomic mass is 79.9.